The Balaban J connectivity index is 2.05. The summed E-state index contributed by atoms with van der Waals surface area (Å²) in [6, 6.07) is 11.0. The highest BCUT2D eigenvalue weighted by molar-refractivity contribution is 6.36. The molecule has 0 bridgehead atoms. The van der Waals surface area contributed by atoms with Crippen LogP contribution >= 0.6 is 23.2 Å². The van der Waals surface area contributed by atoms with Crippen molar-refractivity contribution in [3.05, 3.63) is 80.8 Å². The van der Waals surface area contributed by atoms with Gasteiger partial charge in [-0.3, -0.25) is 19.2 Å². The third kappa shape index (κ3) is 6.32. The third-order valence-electron chi connectivity index (χ3n) is 5.16. The van der Waals surface area contributed by atoms with Gasteiger partial charge in [-0.1, -0.05) is 35.3 Å². The molecule has 2 radical (unpaired) electrons. The highest BCUT2D eigenvalue weighted by Crippen LogP contribution is 2.33. The van der Waals surface area contributed by atoms with Crippen LogP contribution in [0.2, 0.25) is 10.0 Å². The molecule has 0 heterocycles. The summed E-state index contributed by atoms with van der Waals surface area (Å²) in [6.45, 7) is -0.536. The highest BCUT2D eigenvalue weighted by Gasteiger charge is 2.21. The van der Waals surface area contributed by atoms with E-state index in [1.165, 1.54) is 49.8 Å². The van der Waals surface area contributed by atoms with Gasteiger partial charge in [-0.05, 0) is 42.0 Å². The van der Waals surface area contributed by atoms with Crippen LogP contribution in [0.5, 0.6) is 5.75 Å². The number of nitrogens with one attached hydrogen (secondary N) is 1. The van der Waals surface area contributed by atoms with Crippen LogP contribution in [-0.4, -0.2) is 61.1 Å². The fraction of sp³-hybridized carbons (Fsp3) is 0.115. The number of amides is 2. The van der Waals surface area contributed by atoms with E-state index in [2.05, 4.69) is 5.32 Å². The van der Waals surface area contributed by atoms with Crippen molar-refractivity contribution in [3.8, 4) is 16.9 Å². The van der Waals surface area contributed by atoms with Gasteiger partial charge in [0, 0.05) is 35.3 Å². The number of phenols is 1. The Morgan fingerprint density at radius 1 is 0.946 bits per heavy atom. The molecular weight excluding hydrogens is 523 g/mol. The van der Waals surface area contributed by atoms with Gasteiger partial charge in [-0.15, -0.1) is 0 Å². The van der Waals surface area contributed by atoms with Crippen molar-refractivity contribution >= 4 is 59.2 Å². The van der Waals surface area contributed by atoms with Crippen LogP contribution in [0.25, 0.3) is 11.1 Å². The first-order chi connectivity index (χ1) is 17.5. The second-order valence-electron chi connectivity index (χ2n) is 7.82. The number of benzene rings is 3. The van der Waals surface area contributed by atoms with Gasteiger partial charge < -0.3 is 20.1 Å². The zero-order chi connectivity index (χ0) is 27.3. The van der Waals surface area contributed by atoms with Gasteiger partial charge in [0.05, 0.1) is 22.4 Å². The lowest BCUT2D eigenvalue weighted by atomic mass is 10.0. The first-order valence-corrected chi connectivity index (χ1v) is 11.2. The third-order valence-corrected chi connectivity index (χ3v) is 5.70. The number of nitrogens with zero attached hydrogens (tertiary/aromatic N) is 1. The van der Waals surface area contributed by atoms with Crippen LogP contribution < -0.4 is 5.32 Å². The van der Waals surface area contributed by atoms with Gasteiger partial charge in [0.25, 0.3) is 11.8 Å². The molecule has 0 spiro atoms. The summed E-state index contributed by atoms with van der Waals surface area (Å²) in [7, 11) is 2.99. The van der Waals surface area contributed by atoms with E-state index in [0.29, 0.717) is 21.2 Å². The summed E-state index contributed by atoms with van der Waals surface area (Å²) in [5, 5.41) is 13.2. The van der Waals surface area contributed by atoms with Crippen molar-refractivity contribution in [1.82, 2.24) is 4.90 Å². The normalized spacial score (nSPS) is 10.4. The SMILES string of the molecule is CN(C)C(=O)COC(=O)c1ccc(-c2ccc(Cl)cc2Cl)cc1NC(=O)c1cc(O)c([C]=O)cc1[C]=O. The Bertz CT molecular complexity index is 1420. The number of hydrogen-bond donors (Lipinski definition) is 2. The second kappa shape index (κ2) is 11.7. The van der Waals surface area contributed by atoms with Crippen LogP contribution in [0.15, 0.2) is 48.5 Å². The molecule has 3 aromatic rings. The van der Waals surface area contributed by atoms with E-state index in [1.807, 2.05) is 0 Å². The van der Waals surface area contributed by atoms with Crippen molar-refractivity contribution in [2.24, 2.45) is 0 Å². The Morgan fingerprint density at radius 2 is 1.65 bits per heavy atom. The summed E-state index contributed by atoms with van der Waals surface area (Å²) in [5.41, 5.74) is -0.0759. The lowest BCUT2D eigenvalue weighted by Crippen LogP contribution is -2.28. The van der Waals surface area contributed by atoms with Crippen molar-refractivity contribution in [2.45, 2.75) is 0 Å². The molecule has 0 aliphatic carbocycles. The van der Waals surface area contributed by atoms with Crippen molar-refractivity contribution in [2.75, 3.05) is 26.0 Å². The number of carbonyl (C=O) groups excluding carboxylic acids is 5. The molecule has 9 nitrogen and oxygen atoms in total. The first-order valence-electron chi connectivity index (χ1n) is 10.5. The van der Waals surface area contributed by atoms with Crippen LogP contribution in [0.4, 0.5) is 5.69 Å². The Kier molecular flexibility index (Phi) is 8.65. The average Bonchev–Trinajstić information content (AvgIpc) is 2.86. The molecule has 3 rings (SSSR count). The largest absolute Gasteiger partial charge is 0.507 e. The number of esters is 1. The number of carbonyl (C=O) groups is 3. The number of likely N-dealkylation sites (N-methyl/N-ethyl adjacent to an activating group) is 1. The molecule has 3 aromatic carbocycles. The zero-order valence-corrected chi connectivity index (χ0v) is 20.9. The number of phenolic OH excluding ortho intramolecular Hbond substituents is 1. The van der Waals surface area contributed by atoms with Crippen molar-refractivity contribution in [1.29, 1.82) is 0 Å². The van der Waals surface area contributed by atoms with Gasteiger partial charge in [-0.25, -0.2) is 4.79 Å². The fourth-order valence-corrected chi connectivity index (χ4v) is 3.70. The van der Waals surface area contributed by atoms with Crippen LogP contribution in [0.3, 0.4) is 0 Å². The summed E-state index contributed by atoms with van der Waals surface area (Å²) in [5.74, 6) is -2.85. The van der Waals surface area contributed by atoms with Gasteiger partial charge >= 0.3 is 5.97 Å². The van der Waals surface area contributed by atoms with E-state index in [4.69, 9.17) is 27.9 Å². The molecule has 0 saturated carbocycles. The summed E-state index contributed by atoms with van der Waals surface area (Å²) >= 11 is 12.3. The molecule has 0 aliphatic rings. The molecule has 2 N–H and O–H groups in total. The van der Waals surface area contributed by atoms with E-state index in [9.17, 15) is 29.1 Å². The van der Waals surface area contributed by atoms with Gasteiger partial charge in [-0.2, -0.15) is 0 Å². The standard InChI is InChI=1S/C26H18Cl2N2O7/c1-30(2)24(34)13-37-26(36)19-5-3-14(18-6-4-17(27)9-21(18)28)8-22(19)29-25(35)20-10-23(33)16(12-32)7-15(20)11-31/h3-10,33H,13H2,1-2H3,(H,29,35). The summed E-state index contributed by atoms with van der Waals surface area (Å²) in [4.78, 5) is 61.3. The molecular formula is C26H18Cl2N2O7. The summed E-state index contributed by atoms with van der Waals surface area (Å²) < 4.78 is 5.09. The van der Waals surface area contributed by atoms with E-state index in [0.717, 1.165) is 12.1 Å². The number of ether oxygens (including phenoxy) is 1. The minimum absolute atomic E-state index is 0.0433. The lowest BCUT2D eigenvalue weighted by Gasteiger charge is -2.15. The molecule has 37 heavy (non-hydrogen) atoms. The second-order valence-corrected chi connectivity index (χ2v) is 8.67. The number of halogens is 2. The molecule has 0 aromatic heterocycles. The molecule has 0 saturated heterocycles. The first kappa shape index (κ1) is 27.4. The average molecular weight is 541 g/mol. The molecule has 0 unspecified atom stereocenters. The van der Waals surface area contributed by atoms with Gasteiger partial charge in [0.15, 0.2) is 6.61 Å². The Labute approximate surface area is 221 Å². The Hall–Kier alpha value is -4.21. The monoisotopic (exact) mass is 540 g/mol. The van der Waals surface area contributed by atoms with Crippen molar-refractivity contribution in [3.63, 3.8) is 0 Å². The Morgan fingerprint density at radius 3 is 2.27 bits per heavy atom. The molecule has 0 aliphatic heterocycles. The maximum absolute atomic E-state index is 13.1. The number of anilines is 1. The van der Waals surface area contributed by atoms with Gasteiger partial charge in [0.2, 0.25) is 12.6 Å². The molecule has 188 valence electrons. The van der Waals surface area contributed by atoms with Gasteiger partial charge in [0.1, 0.15) is 5.75 Å². The molecule has 0 fully saturated rings. The predicted octanol–water partition coefficient (Wildman–Crippen LogP) is 3.78. The number of hydrogen-bond acceptors (Lipinski definition) is 7. The van der Waals surface area contributed by atoms with E-state index in [1.54, 1.807) is 18.2 Å². The minimum atomic E-state index is -0.907. The predicted molar refractivity (Wildman–Crippen MR) is 137 cm³/mol. The maximum Gasteiger partial charge on any atom is 0.340 e. The topological polar surface area (TPSA) is 130 Å². The lowest BCUT2D eigenvalue weighted by molar-refractivity contribution is -0.131. The zero-order valence-electron chi connectivity index (χ0n) is 19.4. The highest BCUT2D eigenvalue weighted by atomic mass is 35.5. The number of aromatic hydroxyl groups is 1. The van der Waals surface area contributed by atoms with E-state index < -0.39 is 30.1 Å². The minimum Gasteiger partial charge on any atom is -0.507 e. The van der Waals surface area contributed by atoms with Crippen LogP contribution in [0, 0.1) is 0 Å². The van der Waals surface area contributed by atoms with Crippen LogP contribution in [-0.2, 0) is 19.1 Å². The van der Waals surface area contributed by atoms with E-state index >= 15 is 0 Å². The molecule has 2 amide bonds. The summed E-state index contributed by atoms with van der Waals surface area (Å²) in [6.07, 6.45) is 2.98. The fourth-order valence-electron chi connectivity index (χ4n) is 3.18. The van der Waals surface area contributed by atoms with E-state index in [-0.39, 0.29) is 27.9 Å². The van der Waals surface area contributed by atoms with Crippen LogP contribution in [0.1, 0.15) is 31.8 Å². The molecule has 11 heteroatoms. The maximum atomic E-state index is 13.1. The quantitative estimate of drug-likeness (QED) is 0.415. The molecule has 0 atom stereocenters. The smallest absolute Gasteiger partial charge is 0.340 e. The van der Waals surface area contributed by atoms with Crippen molar-refractivity contribution < 1.29 is 33.8 Å². The number of rotatable bonds is 8.